The van der Waals surface area contributed by atoms with Crippen LogP contribution >= 0.6 is 0 Å². The number of phenolic OH excluding ortho intramolecular Hbond substituents is 2. The summed E-state index contributed by atoms with van der Waals surface area (Å²) < 4.78 is 0. The number of nitrogens with zero attached hydrogens (tertiary/aromatic N) is 1. The minimum Gasteiger partial charge on any atom is -0.510 e. The standard InChI is InChI=1S/C34H32N4O9/c1-38(2)27-22-14-16-13-21-20(15-3-5-17(6-4-15)36-33(46)37-18-7-9-19(39)10-8-18)11-12-23(40)25(21)28(41)24(16)30(43)34(22,47)31(44)26(29(27)42)32(35)45/h3-12,16,22,27,39-40,42-43,47H,13-14H2,1-2H3,(H2,35,45)(H2,36,37,46)/t16-,22-,27?,34-/m1/s1. The van der Waals surface area contributed by atoms with Gasteiger partial charge in [-0.15, -0.1) is 0 Å². The van der Waals surface area contributed by atoms with Gasteiger partial charge in [-0.25, -0.2) is 4.79 Å². The highest BCUT2D eigenvalue weighted by Gasteiger charge is 2.63. The van der Waals surface area contributed by atoms with Crippen LogP contribution in [0.4, 0.5) is 16.2 Å². The van der Waals surface area contributed by atoms with Crippen molar-refractivity contribution in [3.63, 3.8) is 0 Å². The molecule has 3 aromatic carbocycles. The van der Waals surface area contributed by atoms with E-state index in [1.807, 2.05) is 0 Å². The van der Waals surface area contributed by atoms with Gasteiger partial charge in [-0.3, -0.25) is 19.3 Å². The molecule has 9 N–H and O–H groups in total. The van der Waals surface area contributed by atoms with Gasteiger partial charge in [-0.2, -0.15) is 0 Å². The molecule has 47 heavy (non-hydrogen) atoms. The molecule has 3 amide bonds. The Kier molecular flexibility index (Phi) is 7.53. The Bertz CT molecular complexity index is 1910. The molecular weight excluding hydrogens is 608 g/mol. The monoisotopic (exact) mass is 640 g/mol. The Morgan fingerprint density at radius 2 is 1.49 bits per heavy atom. The Balaban J connectivity index is 1.35. The summed E-state index contributed by atoms with van der Waals surface area (Å²) in [7, 11) is 3.14. The minimum atomic E-state index is -2.71. The molecule has 0 saturated carbocycles. The highest BCUT2D eigenvalue weighted by atomic mass is 16.3. The summed E-state index contributed by atoms with van der Waals surface area (Å²) >= 11 is 0. The number of Topliss-reactive ketones (excluding diaryl/α,β-unsaturated/α-hetero) is 2. The summed E-state index contributed by atoms with van der Waals surface area (Å²) in [4.78, 5) is 53.6. The number of carbonyl (C=O) groups is 4. The Morgan fingerprint density at radius 1 is 0.894 bits per heavy atom. The quantitative estimate of drug-likeness (QED) is 0.150. The molecule has 242 valence electrons. The fraction of sp³-hybridized carbons (Fsp3) is 0.235. The normalized spacial score (nSPS) is 23.6. The van der Waals surface area contributed by atoms with Crippen molar-refractivity contribution >= 4 is 34.9 Å². The van der Waals surface area contributed by atoms with Gasteiger partial charge in [0.05, 0.1) is 11.6 Å². The van der Waals surface area contributed by atoms with Gasteiger partial charge < -0.3 is 41.9 Å². The number of anilines is 2. The van der Waals surface area contributed by atoms with E-state index in [2.05, 4.69) is 10.6 Å². The number of likely N-dealkylation sites (N-methyl/N-ethyl adjacent to an activating group) is 1. The van der Waals surface area contributed by atoms with Gasteiger partial charge in [-0.05, 0) is 92.0 Å². The molecule has 3 aromatic rings. The van der Waals surface area contributed by atoms with Crippen molar-refractivity contribution in [1.29, 1.82) is 0 Å². The van der Waals surface area contributed by atoms with Gasteiger partial charge in [-0.1, -0.05) is 18.2 Å². The van der Waals surface area contributed by atoms with Crippen LogP contribution in [0.3, 0.4) is 0 Å². The largest absolute Gasteiger partial charge is 0.510 e. The van der Waals surface area contributed by atoms with Crippen LogP contribution in [0.2, 0.25) is 0 Å². The molecule has 0 bridgehead atoms. The van der Waals surface area contributed by atoms with Gasteiger partial charge in [0.15, 0.2) is 11.4 Å². The number of fused-ring (bicyclic) bond motifs is 3. The zero-order chi connectivity index (χ0) is 33.9. The molecule has 1 unspecified atom stereocenters. The number of nitrogens with one attached hydrogen (secondary N) is 2. The van der Waals surface area contributed by atoms with E-state index in [9.17, 15) is 44.7 Å². The van der Waals surface area contributed by atoms with Crippen LogP contribution in [-0.2, 0) is 16.0 Å². The number of rotatable bonds is 5. The van der Waals surface area contributed by atoms with E-state index in [1.165, 1.54) is 23.1 Å². The fourth-order valence-electron chi connectivity index (χ4n) is 7.09. The summed E-state index contributed by atoms with van der Waals surface area (Å²) in [6, 6.07) is 14.1. The maximum Gasteiger partial charge on any atom is 0.323 e. The lowest BCUT2D eigenvalue weighted by atomic mass is 9.58. The van der Waals surface area contributed by atoms with Gasteiger partial charge in [0.1, 0.15) is 28.6 Å². The number of primary amides is 1. The van der Waals surface area contributed by atoms with Crippen LogP contribution in [0.15, 0.2) is 83.3 Å². The number of aliphatic hydroxyl groups is 3. The van der Waals surface area contributed by atoms with Crippen molar-refractivity contribution in [2.24, 2.45) is 17.6 Å². The number of urea groups is 1. The van der Waals surface area contributed by atoms with Gasteiger partial charge in [0.2, 0.25) is 5.78 Å². The number of aromatic hydroxyl groups is 2. The predicted molar refractivity (Wildman–Crippen MR) is 170 cm³/mol. The molecule has 13 nitrogen and oxygen atoms in total. The Morgan fingerprint density at radius 3 is 2.06 bits per heavy atom. The van der Waals surface area contributed by atoms with Crippen molar-refractivity contribution in [2.75, 3.05) is 24.7 Å². The van der Waals surface area contributed by atoms with Crippen LogP contribution in [0.1, 0.15) is 22.3 Å². The van der Waals surface area contributed by atoms with Crippen LogP contribution in [0.5, 0.6) is 11.5 Å². The van der Waals surface area contributed by atoms with Crippen LogP contribution in [0.25, 0.3) is 11.1 Å². The second-order valence-corrected chi connectivity index (χ2v) is 12.2. The molecule has 0 aliphatic heterocycles. The molecule has 0 saturated heterocycles. The third-order valence-electron chi connectivity index (χ3n) is 9.18. The lowest BCUT2D eigenvalue weighted by Crippen LogP contribution is -2.63. The molecule has 0 spiro atoms. The Labute approximate surface area is 268 Å². The molecule has 0 aromatic heterocycles. The van der Waals surface area contributed by atoms with E-state index >= 15 is 0 Å². The minimum absolute atomic E-state index is 0.0279. The van der Waals surface area contributed by atoms with Crippen LogP contribution in [-0.4, -0.2) is 79.7 Å². The number of nitrogens with two attached hydrogens (primary N) is 1. The molecule has 4 atom stereocenters. The second-order valence-electron chi connectivity index (χ2n) is 12.2. The van der Waals surface area contributed by atoms with Crippen molar-refractivity contribution in [3.05, 3.63) is 94.5 Å². The first kappa shape index (κ1) is 31.3. The van der Waals surface area contributed by atoms with E-state index in [1.54, 1.807) is 56.6 Å². The van der Waals surface area contributed by atoms with Crippen molar-refractivity contribution in [2.45, 2.75) is 24.5 Å². The number of aliphatic hydroxyl groups excluding tert-OH is 2. The molecule has 13 heteroatoms. The van der Waals surface area contributed by atoms with Crippen molar-refractivity contribution in [3.8, 4) is 22.6 Å². The van der Waals surface area contributed by atoms with Crippen molar-refractivity contribution in [1.82, 2.24) is 4.90 Å². The first-order valence-electron chi connectivity index (χ1n) is 14.7. The maximum absolute atomic E-state index is 14.0. The molecule has 0 heterocycles. The van der Waals surface area contributed by atoms with E-state index in [4.69, 9.17) is 5.73 Å². The molecule has 0 radical (unpaired) electrons. The van der Waals surface area contributed by atoms with Crippen LogP contribution < -0.4 is 16.4 Å². The first-order valence-corrected chi connectivity index (χ1v) is 14.7. The summed E-state index contributed by atoms with van der Waals surface area (Å²) in [5.41, 5.74) is 4.16. The van der Waals surface area contributed by atoms with Gasteiger partial charge >= 0.3 is 6.03 Å². The van der Waals surface area contributed by atoms with Gasteiger partial charge in [0, 0.05) is 22.9 Å². The second kappa shape index (κ2) is 11.3. The number of hydrogen-bond acceptors (Lipinski definition) is 10. The third-order valence-corrected chi connectivity index (χ3v) is 9.18. The third kappa shape index (κ3) is 4.96. The summed E-state index contributed by atoms with van der Waals surface area (Å²) in [6.07, 6.45) is 0.104. The number of benzene rings is 3. The predicted octanol–water partition coefficient (Wildman–Crippen LogP) is 3.14. The number of carbonyl (C=O) groups excluding carboxylic acids is 4. The maximum atomic E-state index is 14.0. The average molecular weight is 641 g/mol. The number of hydrogen-bond donors (Lipinski definition) is 8. The number of ketones is 2. The van der Waals surface area contributed by atoms with Crippen LogP contribution in [0, 0.1) is 11.8 Å². The Hall–Kier alpha value is -5.66. The van der Waals surface area contributed by atoms with Gasteiger partial charge in [0.25, 0.3) is 5.91 Å². The SMILES string of the molecule is CN(C)C1C(O)=C(C(N)=O)C(=O)[C@]2(O)C(O)=C3C(=O)c4c(O)ccc(-c5ccc(NC(=O)Nc6ccc(O)cc6)cc5)c4C[C@@H]3C[C@H]12. The lowest BCUT2D eigenvalue weighted by molar-refractivity contribution is -0.148. The zero-order valence-electron chi connectivity index (χ0n) is 25.3. The number of amides is 3. The fourth-order valence-corrected chi connectivity index (χ4v) is 7.09. The molecule has 3 aliphatic rings. The highest BCUT2D eigenvalue weighted by molar-refractivity contribution is 6.25. The smallest absolute Gasteiger partial charge is 0.323 e. The van der Waals surface area contributed by atoms with E-state index in [0.717, 1.165) is 0 Å². The number of phenols is 2. The molecule has 0 fully saturated rings. The lowest BCUT2D eigenvalue weighted by Gasteiger charge is -2.50. The zero-order valence-corrected chi connectivity index (χ0v) is 25.3. The topological polar surface area (TPSA) is 223 Å². The summed E-state index contributed by atoms with van der Waals surface area (Å²) in [5, 5.41) is 59.8. The first-order chi connectivity index (χ1) is 22.2. The number of allylic oxidation sites excluding steroid dienone is 1. The highest BCUT2D eigenvalue weighted by Crippen LogP contribution is 2.53. The molecular formula is C34H32N4O9. The molecule has 6 rings (SSSR count). The van der Waals surface area contributed by atoms with Crippen molar-refractivity contribution < 1.29 is 44.7 Å². The average Bonchev–Trinajstić information content (AvgIpc) is 3.00. The summed E-state index contributed by atoms with van der Waals surface area (Å²) in [6.45, 7) is 0. The van der Waals surface area contributed by atoms with E-state index in [0.29, 0.717) is 28.1 Å². The molecule has 3 aliphatic carbocycles. The van der Waals surface area contributed by atoms with E-state index < -0.39 is 64.1 Å². The summed E-state index contributed by atoms with van der Waals surface area (Å²) in [5.74, 6) is -7.06. The van der Waals surface area contributed by atoms with E-state index in [-0.39, 0.29) is 35.5 Å².